The summed E-state index contributed by atoms with van der Waals surface area (Å²) in [4.78, 5) is 24.8. The Labute approximate surface area is 157 Å². The first-order valence-corrected chi connectivity index (χ1v) is 10.4. The maximum atomic E-state index is 12.7. The second kappa shape index (κ2) is 6.50. The number of rotatable bonds is 4. The second-order valence-corrected chi connectivity index (χ2v) is 11.8. The van der Waals surface area contributed by atoms with Crippen LogP contribution in [0.2, 0.25) is 0 Å². The van der Waals surface area contributed by atoms with Crippen molar-refractivity contribution in [2.24, 2.45) is 0 Å². The van der Waals surface area contributed by atoms with E-state index in [-0.39, 0.29) is 31.9 Å². The first-order chi connectivity index (χ1) is 11.1. The standard InChI is InChI=1S/C18H21O5.Hg/c1-8(12(5)19)16-10(3)13-9(2)15(21-6)11(4)17(22-7)14(13)18(20)23-16;/h1-7H3;/q;+1. The topological polar surface area (TPSA) is 65.7 Å². The summed E-state index contributed by atoms with van der Waals surface area (Å²) in [5.41, 5.74) is 1.93. The van der Waals surface area contributed by atoms with Crippen molar-refractivity contribution in [2.45, 2.75) is 37.5 Å². The monoisotopic (exact) mass is 519 g/mol. The van der Waals surface area contributed by atoms with Gasteiger partial charge >= 0.3 is 157 Å². The Morgan fingerprint density at radius 2 is 1.54 bits per heavy atom. The molecule has 1 atom stereocenters. The molecule has 24 heavy (non-hydrogen) atoms. The molecule has 6 heteroatoms. The molecule has 0 fully saturated rings. The molecule has 1 aromatic carbocycles. The molecule has 2 aromatic rings. The quantitative estimate of drug-likeness (QED) is 0.583. The van der Waals surface area contributed by atoms with Crippen LogP contribution >= 0.6 is 0 Å². The van der Waals surface area contributed by atoms with Crippen molar-refractivity contribution in [3.8, 4) is 11.5 Å². The van der Waals surface area contributed by atoms with Gasteiger partial charge < -0.3 is 0 Å². The number of Topliss-reactive ketones (excluding diaryl/α,β-unsaturated/α-hetero) is 1. The van der Waals surface area contributed by atoms with Crippen LogP contribution in [-0.2, 0) is 33.8 Å². The summed E-state index contributed by atoms with van der Waals surface area (Å²) in [5, 5.41) is 1.15. The van der Waals surface area contributed by atoms with Gasteiger partial charge in [0.15, 0.2) is 0 Å². The van der Waals surface area contributed by atoms with Crippen molar-refractivity contribution in [1.82, 2.24) is 0 Å². The van der Waals surface area contributed by atoms with Crippen LogP contribution < -0.4 is 15.1 Å². The van der Waals surface area contributed by atoms with Crippen LogP contribution in [0, 0.1) is 20.8 Å². The molecule has 0 aliphatic rings. The minimum absolute atomic E-state index is 0.0140. The zero-order valence-electron chi connectivity index (χ0n) is 15.2. The number of aryl methyl sites for hydroxylation is 2. The third-order valence-electron chi connectivity index (χ3n) is 4.67. The van der Waals surface area contributed by atoms with Gasteiger partial charge in [0.25, 0.3) is 0 Å². The zero-order valence-corrected chi connectivity index (χ0v) is 20.7. The summed E-state index contributed by atoms with van der Waals surface area (Å²) in [6, 6.07) is 0. The minimum atomic E-state index is -0.699. The van der Waals surface area contributed by atoms with E-state index in [0.717, 1.165) is 22.1 Å². The summed E-state index contributed by atoms with van der Waals surface area (Å²) in [5.74, 6) is 1.62. The van der Waals surface area contributed by atoms with E-state index >= 15 is 0 Å². The fourth-order valence-electron chi connectivity index (χ4n) is 3.23. The third-order valence-corrected chi connectivity index (χ3v) is 7.86. The van der Waals surface area contributed by atoms with Crippen LogP contribution in [0.5, 0.6) is 11.5 Å². The summed E-state index contributed by atoms with van der Waals surface area (Å²) in [6.45, 7) is 9.03. The Morgan fingerprint density at radius 1 is 1.00 bits per heavy atom. The SMILES string of the molecule is COc1c(C)c(OC)c2c(=O)oc([C](C)([Hg+])C(C)=O)c(C)c2c1C. The molecule has 0 bridgehead atoms. The van der Waals surface area contributed by atoms with Gasteiger partial charge in [-0.05, 0) is 0 Å². The molecule has 1 unspecified atom stereocenters. The van der Waals surface area contributed by atoms with E-state index in [9.17, 15) is 9.59 Å². The number of carbonyl (C=O) groups excluding carboxylic acids is 1. The van der Waals surface area contributed by atoms with Gasteiger partial charge in [0.1, 0.15) is 0 Å². The average Bonchev–Trinajstić information content (AvgIpc) is 2.50. The van der Waals surface area contributed by atoms with Gasteiger partial charge in [0.2, 0.25) is 0 Å². The number of hydrogen-bond acceptors (Lipinski definition) is 5. The van der Waals surface area contributed by atoms with E-state index in [1.54, 1.807) is 14.0 Å². The molecule has 5 nitrogen and oxygen atoms in total. The van der Waals surface area contributed by atoms with Gasteiger partial charge in [-0.15, -0.1) is 0 Å². The molecule has 0 saturated carbocycles. The molecular weight excluding hydrogens is 497 g/mol. The van der Waals surface area contributed by atoms with E-state index in [4.69, 9.17) is 13.9 Å². The van der Waals surface area contributed by atoms with Crippen LogP contribution in [0.25, 0.3) is 10.8 Å². The van der Waals surface area contributed by atoms with Crippen LogP contribution in [-0.4, -0.2) is 20.0 Å². The van der Waals surface area contributed by atoms with Crippen LogP contribution in [0.3, 0.4) is 0 Å². The van der Waals surface area contributed by atoms with Gasteiger partial charge in [-0.25, -0.2) is 0 Å². The van der Waals surface area contributed by atoms with Crippen molar-refractivity contribution < 1.29 is 44.8 Å². The Balaban J connectivity index is 3.12. The number of carbonyl (C=O) groups is 1. The molecule has 2 rings (SSSR count). The van der Waals surface area contributed by atoms with Gasteiger partial charge in [0, 0.05) is 0 Å². The number of methoxy groups -OCH3 is 2. The predicted octanol–water partition coefficient (Wildman–Crippen LogP) is 3.09. The molecule has 0 aliphatic heterocycles. The molecular formula is C18H21HgO5+. The summed E-state index contributed by atoms with van der Waals surface area (Å²) >= 11 is 0.0574. The first-order valence-electron chi connectivity index (χ1n) is 7.64. The Bertz CT molecular complexity index is 893. The summed E-state index contributed by atoms with van der Waals surface area (Å²) < 4.78 is 15.9. The van der Waals surface area contributed by atoms with E-state index in [1.165, 1.54) is 7.11 Å². The molecule has 0 amide bonds. The molecule has 1 aromatic heterocycles. The Morgan fingerprint density at radius 3 is 2.00 bits per heavy atom. The molecule has 0 aliphatic carbocycles. The molecule has 1 heterocycles. The van der Waals surface area contributed by atoms with Gasteiger partial charge in [-0.2, -0.15) is 0 Å². The maximum absolute atomic E-state index is 12.7. The predicted molar refractivity (Wildman–Crippen MR) is 87.8 cm³/mol. The fraction of sp³-hybridized carbons (Fsp3) is 0.444. The summed E-state index contributed by atoms with van der Waals surface area (Å²) in [6.07, 6.45) is 0. The second-order valence-electron chi connectivity index (χ2n) is 6.30. The van der Waals surface area contributed by atoms with E-state index < -0.39 is 8.55 Å². The first kappa shape index (κ1) is 19.0. The molecule has 0 N–H and O–H groups in total. The van der Waals surface area contributed by atoms with Crippen molar-refractivity contribution in [3.05, 3.63) is 32.9 Å². The number of ketones is 1. The normalized spacial score (nSPS) is 13.7. The molecule has 124 valence electrons. The van der Waals surface area contributed by atoms with E-state index in [1.807, 2.05) is 27.7 Å². The third kappa shape index (κ3) is 2.67. The van der Waals surface area contributed by atoms with Crippen molar-refractivity contribution >= 4 is 16.6 Å². The van der Waals surface area contributed by atoms with Gasteiger partial charge in [0.05, 0.1) is 0 Å². The Kier molecular flexibility index (Phi) is 5.14. The average molecular weight is 518 g/mol. The number of hydrogen-bond donors (Lipinski definition) is 0. The van der Waals surface area contributed by atoms with Crippen LogP contribution in [0.15, 0.2) is 9.21 Å². The van der Waals surface area contributed by atoms with Crippen molar-refractivity contribution in [3.63, 3.8) is 0 Å². The van der Waals surface area contributed by atoms with Gasteiger partial charge in [-0.3, -0.25) is 0 Å². The van der Waals surface area contributed by atoms with Crippen LogP contribution in [0.1, 0.15) is 36.3 Å². The molecule has 0 spiro atoms. The number of ether oxygens (including phenoxy) is 2. The fourth-order valence-corrected chi connectivity index (χ4v) is 4.54. The zero-order chi connectivity index (χ0) is 18.4. The number of benzene rings is 1. The van der Waals surface area contributed by atoms with E-state index in [0.29, 0.717) is 22.6 Å². The summed E-state index contributed by atoms with van der Waals surface area (Å²) in [7, 11) is 3.12. The van der Waals surface area contributed by atoms with Crippen LogP contribution in [0.4, 0.5) is 0 Å². The van der Waals surface area contributed by atoms with E-state index in [2.05, 4.69) is 0 Å². The molecule has 0 saturated heterocycles. The number of fused-ring (bicyclic) bond motifs is 1. The van der Waals surface area contributed by atoms with Crippen molar-refractivity contribution in [1.29, 1.82) is 0 Å². The molecule has 0 radical (unpaired) electrons. The van der Waals surface area contributed by atoms with Crippen molar-refractivity contribution in [2.75, 3.05) is 14.2 Å². The van der Waals surface area contributed by atoms with Gasteiger partial charge in [-0.1, -0.05) is 0 Å². The Hall–Kier alpha value is -1.36.